The van der Waals surface area contributed by atoms with E-state index >= 15 is 4.39 Å². The number of fused-ring (bicyclic) bond motifs is 2. The molecule has 40 heavy (non-hydrogen) atoms. The molecule has 7 rings (SSSR count). The van der Waals surface area contributed by atoms with Gasteiger partial charge in [0.05, 0.1) is 34.0 Å². The highest BCUT2D eigenvalue weighted by molar-refractivity contribution is 5.98. The molecule has 1 aliphatic carbocycles. The zero-order valence-electron chi connectivity index (χ0n) is 21.5. The molecule has 9 heteroatoms. The second-order valence-electron chi connectivity index (χ2n) is 10.2. The average molecular weight is 534 g/mol. The van der Waals surface area contributed by atoms with E-state index in [0.29, 0.717) is 56.2 Å². The summed E-state index contributed by atoms with van der Waals surface area (Å²) >= 11 is 0. The lowest BCUT2D eigenvalue weighted by Crippen LogP contribution is -2.07. The molecule has 3 N–H and O–H groups in total. The Bertz CT molecular complexity index is 1880. The molecule has 0 atom stereocenters. The number of pyridine rings is 2. The molecule has 4 aromatic heterocycles. The van der Waals surface area contributed by atoms with Crippen molar-refractivity contribution in [2.24, 2.45) is 5.92 Å². The number of hydrogen-bond donors (Lipinski definition) is 3. The number of anilines is 1. The highest BCUT2D eigenvalue weighted by atomic mass is 19.1. The van der Waals surface area contributed by atoms with Gasteiger partial charge in [0.1, 0.15) is 22.8 Å². The standard InChI is InChI=1S/C31H25F2N7/c1-17(18-4-2-3-5-18)36-22-14-20(15-34-16-22)23-10-11-24-26(27(23)33)30(40-39-24)31-37-25-12-13-35-28(29(25)38-31)19-6-8-21(32)9-7-19/h6-16,18,36H,1-5H2,(H,37,38)(H,39,40). The van der Waals surface area contributed by atoms with Crippen LogP contribution in [0, 0.1) is 17.6 Å². The van der Waals surface area contributed by atoms with Crippen LogP contribution in [0.2, 0.25) is 0 Å². The summed E-state index contributed by atoms with van der Waals surface area (Å²) in [4.78, 5) is 16.8. The summed E-state index contributed by atoms with van der Waals surface area (Å²) in [5.74, 6) is 0.0956. The zero-order valence-corrected chi connectivity index (χ0v) is 21.5. The van der Waals surface area contributed by atoms with Gasteiger partial charge in [0.25, 0.3) is 0 Å². The van der Waals surface area contributed by atoms with E-state index in [-0.39, 0.29) is 5.82 Å². The van der Waals surface area contributed by atoms with E-state index in [4.69, 9.17) is 4.98 Å². The Labute approximate surface area is 228 Å². The van der Waals surface area contributed by atoms with Crippen LogP contribution in [-0.4, -0.2) is 30.1 Å². The third-order valence-electron chi connectivity index (χ3n) is 7.61. The molecule has 1 saturated carbocycles. The van der Waals surface area contributed by atoms with Crippen molar-refractivity contribution in [3.63, 3.8) is 0 Å². The number of allylic oxidation sites excluding steroid dienone is 1. The van der Waals surface area contributed by atoms with Gasteiger partial charge in [0.15, 0.2) is 5.82 Å². The monoisotopic (exact) mass is 533 g/mol. The molecule has 0 radical (unpaired) electrons. The first-order chi connectivity index (χ1) is 19.5. The first-order valence-electron chi connectivity index (χ1n) is 13.2. The Kier molecular flexibility index (Phi) is 5.84. The van der Waals surface area contributed by atoms with Crippen LogP contribution in [0.15, 0.2) is 79.4 Å². The summed E-state index contributed by atoms with van der Waals surface area (Å²) in [5.41, 5.74) is 6.31. The number of nitrogens with zero attached hydrogens (tertiary/aromatic N) is 4. The Morgan fingerprint density at radius 1 is 0.925 bits per heavy atom. The van der Waals surface area contributed by atoms with Gasteiger partial charge in [-0.3, -0.25) is 15.1 Å². The van der Waals surface area contributed by atoms with E-state index in [0.717, 1.165) is 29.8 Å². The van der Waals surface area contributed by atoms with Crippen LogP contribution in [0.3, 0.4) is 0 Å². The van der Waals surface area contributed by atoms with E-state index in [2.05, 4.69) is 37.0 Å². The molecule has 0 spiro atoms. The summed E-state index contributed by atoms with van der Waals surface area (Å²) in [5, 5.41) is 11.0. The second kappa shape index (κ2) is 9.68. The molecule has 1 aliphatic rings. The number of hydrogen-bond acceptors (Lipinski definition) is 5. The zero-order chi connectivity index (χ0) is 27.2. The number of nitrogens with one attached hydrogen (secondary N) is 3. The SMILES string of the molecule is C=C(Nc1cncc(-c2ccc3[nH]nc(-c4nc5c(-c6ccc(F)cc6)nccc5[nH]4)c3c2F)c1)C1CCCC1. The molecule has 0 amide bonds. The second-order valence-corrected chi connectivity index (χ2v) is 10.2. The van der Waals surface area contributed by atoms with E-state index < -0.39 is 5.82 Å². The maximum atomic E-state index is 16.2. The van der Waals surface area contributed by atoms with Gasteiger partial charge in [0.2, 0.25) is 0 Å². The number of imidazole rings is 1. The van der Waals surface area contributed by atoms with Gasteiger partial charge in [-0.1, -0.05) is 19.4 Å². The first-order valence-corrected chi connectivity index (χ1v) is 13.2. The van der Waals surface area contributed by atoms with Crippen molar-refractivity contribution in [2.75, 3.05) is 5.32 Å². The van der Waals surface area contributed by atoms with Crippen molar-refractivity contribution < 1.29 is 8.78 Å². The largest absolute Gasteiger partial charge is 0.358 e. The Morgan fingerprint density at radius 2 is 1.75 bits per heavy atom. The smallest absolute Gasteiger partial charge is 0.159 e. The minimum atomic E-state index is -0.424. The van der Waals surface area contributed by atoms with Gasteiger partial charge < -0.3 is 10.3 Å². The molecule has 0 saturated heterocycles. The number of rotatable bonds is 6. The third-order valence-corrected chi connectivity index (χ3v) is 7.61. The minimum absolute atomic E-state index is 0.321. The van der Waals surface area contributed by atoms with Crippen LogP contribution in [0.1, 0.15) is 25.7 Å². The van der Waals surface area contributed by atoms with Gasteiger partial charge in [0, 0.05) is 34.8 Å². The average Bonchev–Trinajstić information content (AvgIpc) is 3.73. The molecule has 2 aromatic carbocycles. The van der Waals surface area contributed by atoms with Gasteiger partial charge in [-0.25, -0.2) is 13.8 Å². The summed E-state index contributed by atoms with van der Waals surface area (Å²) in [6, 6.07) is 13.3. The van der Waals surface area contributed by atoms with Gasteiger partial charge in [-0.05, 0) is 67.3 Å². The lowest BCUT2D eigenvalue weighted by Gasteiger charge is -2.16. The van der Waals surface area contributed by atoms with Gasteiger partial charge in [-0.2, -0.15) is 5.10 Å². The Morgan fingerprint density at radius 3 is 2.58 bits per heavy atom. The fraction of sp³-hybridized carbons (Fsp3) is 0.161. The quantitative estimate of drug-likeness (QED) is 0.205. The van der Waals surface area contributed by atoms with Crippen LogP contribution >= 0.6 is 0 Å². The predicted molar refractivity (Wildman–Crippen MR) is 152 cm³/mol. The van der Waals surface area contributed by atoms with Crippen molar-refractivity contribution in [1.82, 2.24) is 30.1 Å². The van der Waals surface area contributed by atoms with Crippen molar-refractivity contribution in [2.45, 2.75) is 25.7 Å². The predicted octanol–water partition coefficient (Wildman–Crippen LogP) is 7.62. The van der Waals surface area contributed by atoms with Crippen molar-refractivity contribution in [1.29, 1.82) is 0 Å². The topological polar surface area (TPSA) is 95.2 Å². The summed E-state index contributed by atoms with van der Waals surface area (Å²) in [6.45, 7) is 4.22. The Hall–Kier alpha value is -4.92. The molecule has 1 fully saturated rings. The summed E-state index contributed by atoms with van der Waals surface area (Å²) in [6.07, 6.45) is 9.74. The molecule has 6 aromatic rings. The summed E-state index contributed by atoms with van der Waals surface area (Å²) < 4.78 is 29.7. The fourth-order valence-electron chi connectivity index (χ4n) is 5.55. The first kappa shape index (κ1) is 24.1. The van der Waals surface area contributed by atoms with Crippen molar-refractivity contribution >= 4 is 27.6 Å². The molecule has 0 unspecified atom stereocenters. The van der Waals surface area contributed by atoms with Crippen LogP contribution in [0.25, 0.3) is 55.8 Å². The highest BCUT2D eigenvalue weighted by Gasteiger charge is 2.22. The lowest BCUT2D eigenvalue weighted by molar-refractivity contribution is 0.628. The van der Waals surface area contributed by atoms with E-state index in [1.165, 1.54) is 25.0 Å². The molecule has 0 aliphatic heterocycles. The van der Waals surface area contributed by atoms with Crippen LogP contribution in [0.4, 0.5) is 14.5 Å². The normalized spacial score (nSPS) is 13.8. The van der Waals surface area contributed by atoms with E-state index in [1.54, 1.807) is 48.9 Å². The van der Waals surface area contributed by atoms with Crippen molar-refractivity contribution in [3.05, 3.63) is 91.0 Å². The molecule has 0 bridgehead atoms. The molecule has 7 nitrogen and oxygen atoms in total. The highest BCUT2D eigenvalue weighted by Crippen LogP contribution is 2.36. The maximum Gasteiger partial charge on any atom is 0.159 e. The fourth-order valence-corrected chi connectivity index (χ4v) is 5.55. The molecule has 198 valence electrons. The molecule has 4 heterocycles. The molecular weight excluding hydrogens is 508 g/mol. The lowest BCUT2D eigenvalue weighted by atomic mass is 10.0. The van der Waals surface area contributed by atoms with E-state index in [1.807, 2.05) is 6.07 Å². The van der Waals surface area contributed by atoms with Gasteiger partial charge >= 0.3 is 0 Å². The van der Waals surface area contributed by atoms with Crippen LogP contribution in [0.5, 0.6) is 0 Å². The number of halogens is 2. The van der Waals surface area contributed by atoms with Crippen LogP contribution < -0.4 is 5.32 Å². The summed E-state index contributed by atoms with van der Waals surface area (Å²) in [7, 11) is 0. The number of aromatic amines is 2. The van der Waals surface area contributed by atoms with Gasteiger partial charge in [-0.15, -0.1) is 0 Å². The number of aromatic nitrogens is 6. The molecular formula is C31H25F2N7. The minimum Gasteiger partial charge on any atom is -0.358 e. The van der Waals surface area contributed by atoms with Crippen LogP contribution in [-0.2, 0) is 0 Å². The van der Waals surface area contributed by atoms with Crippen molar-refractivity contribution in [3.8, 4) is 33.9 Å². The third kappa shape index (κ3) is 4.20. The number of benzene rings is 2. The Balaban J connectivity index is 1.28. The maximum absolute atomic E-state index is 16.2. The number of H-pyrrole nitrogens is 2. The van der Waals surface area contributed by atoms with E-state index in [9.17, 15) is 4.39 Å².